The zero-order valence-electron chi connectivity index (χ0n) is 24.3. The average molecular weight is 563 g/mol. The SMILES string of the molecule is C[C@@H]1[C@@H](N=C(Nc2cc3ncn(CCc4ccc(F)cc4)c(=O)c3cc2F)N2CCN[C@@H](C)C2)C[C@@H]2C[C@H]1C2(C)C. The van der Waals surface area contributed by atoms with Gasteiger partial charge in [0.25, 0.3) is 5.56 Å². The fourth-order valence-corrected chi connectivity index (χ4v) is 7.22. The van der Waals surface area contributed by atoms with Crippen molar-refractivity contribution in [2.75, 3.05) is 25.0 Å². The Morgan fingerprint density at radius 1 is 1.17 bits per heavy atom. The molecule has 2 heterocycles. The van der Waals surface area contributed by atoms with Crippen molar-refractivity contribution in [3.8, 4) is 0 Å². The van der Waals surface area contributed by atoms with Crippen LogP contribution in [-0.4, -0.2) is 52.1 Å². The highest BCUT2D eigenvalue weighted by Crippen LogP contribution is 2.61. The maximum atomic E-state index is 15.6. The minimum atomic E-state index is -0.510. The molecule has 41 heavy (non-hydrogen) atoms. The van der Waals surface area contributed by atoms with Crippen LogP contribution >= 0.6 is 0 Å². The zero-order chi connectivity index (χ0) is 28.9. The second-order valence-electron chi connectivity index (χ2n) is 12.9. The zero-order valence-corrected chi connectivity index (χ0v) is 24.3. The monoisotopic (exact) mass is 562 g/mol. The molecular weight excluding hydrogens is 522 g/mol. The van der Waals surface area contributed by atoms with Crippen LogP contribution in [0, 0.1) is 34.8 Å². The number of aliphatic imine (C=N–C) groups is 1. The van der Waals surface area contributed by atoms with Crippen LogP contribution in [0.1, 0.15) is 46.1 Å². The van der Waals surface area contributed by atoms with Gasteiger partial charge in [0, 0.05) is 32.2 Å². The van der Waals surface area contributed by atoms with Gasteiger partial charge in [0.1, 0.15) is 11.6 Å². The van der Waals surface area contributed by atoms with Gasteiger partial charge in [0.05, 0.1) is 29.0 Å². The molecule has 0 spiro atoms. The first-order valence-electron chi connectivity index (χ1n) is 14.9. The number of halogens is 2. The molecule has 5 atom stereocenters. The lowest BCUT2D eigenvalue weighted by Gasteiger charge is -2.61. The number of nitrogens with one attached hydrogen (secondary N) is 2. The second kappa shape index (κ2) is 10.8. The maximum absolute atomic E-state index is 15.6. The second-order valence-corrected chi connectivity index (χ2v) is 12.9. The van der Waals surface area contributed by atoms with Gasteiger partial charge in [-0.25, -0.2) is 18.8 Å². The lowest BCUT2D eigenvalue weighted by molar-refractivity contribution is -0.108. The van der Waals surface area contributed by atoms with Crippen molar-refractivity contribution in [1.82, 2.24) is 19.8 Å². The number of rotatable bonds is 5. The summed E-state index contributed by atoms with van der Waals surface area (Å²) < 4.78 is 30.3. The Balaban J connectivity index is 1.27. The van der Waals surface area contributed by atoms with Crippen molar-refractivity contribution in [1.29, 1.82) is 0 Å². The predicted octanol–water partition coefficient (Wildman–Crippen LogP) is 5.05. The Hall–Kier alpha value is -3.33. The van der Waals surface area contributed by atoms with E-state index in [4.69, 9.17) is 4.99 Å². The van der Waals surface area contributed by atoms with E-state index < -0.39 is 5.82 Å². The van der Waals surface area contributed by atoms with E-state index >= 15 is 4.39 Å². The number of hydrogen-bond acceptors (Lipinski definition) is 4. The van der Waals surface area contributed by atoms with Crippen molar-refractivity contribution < 1.29 is 8.78 Å². The molecule has 0 unspecified atom stereocenters. The van der Waals surface area contributed by atoms with E-state index in [1.54, 1.807) is 18.2 Å². The average Bonchev–Trinajstić information content (AvgIpc) is 2.94. The quantitative estimate of drug-likeness (QED) is 0.336. The summed E-state index contributed by atoms with van der Waals surface area (Å²) >= 11 is 0. The number of guanidine groups is 1. The van der Waals surface area contributed by atoms with Gasteiger partial charge < -0.3 is 15.5 Å². The third-order valence-electron chi connectivity index (χ3n) is 9.98. The lowest BCUT2D eigenvalue weighted by atomic mass is 9.45. The Bertz CT molecular complexity index is 1520. The van der Waals surface area contributed by atoms with Gasteiger partial charge in [-0.1, -0.05) is 32.9 Å². The van der Waals surface area contributed by atoms with Crippen LogP contribution in [0.4, 0.5) is 14.5 Å². The van der Waals surface area contributed by atoms with Crippen LogP contribution in [0.15, 0.2) is 52.5 Å². The van der Waals surface area contributed by atoms with E-state index in [2.05, 4.69) is 48.2 Å². The van der Waals surface area contributed by atoms with Crippen LogP contribution in [0.3, 0.4) is 0 Å². The number of piperazine rings is 1. The van der Waals surface area contributed by atoms with E-state index in [1.165, 1.54) is 35.5 Å². The van der Waals surface area contributed by atoms with E-state index in [9.17, 15) is 9.18 Å². The number of hydrogen-bond donors (Lipinski definition) is 2. The van der Waals surface area contributed by atoms with Crippen molar-refractivity contribution in [3.63, 3.8) is 0 Å². The molecule has 0 radical (unpaired) electrons. The summed E-state index contributed by atoms with van der Waals surface area (Å²) in [6, 6.07) is 9.57. The number of aryl methyl sites for hydroxylation is 2. The lowest BCUT2D eigenvalue weighted by Crippen LogP contribution is -2.57. The Morgan fingerprint density at radius 3 is 2.66 bits per heavy atom. The molecule has 2 N–H and O–H groups in total. The van der Waals surface area contributed by atoms with Gasteiger partial charge in [-0.2, -0.15) is 0 Å². The predicted molar refractivity (Wildman–Crippen MR) is 159 cm³/mol. The number of aromatic nitrogens is 2. The molecule has 1 aliphatic heterocycles. The fraction of sp³-hybridized carbons (Fsp3) is 0.531. The molecule has 1 saturated heterocycles. The summed E-state index contributed by atoms with van der Waals surface area (Å²) in [5, 5.41) is 7.03. The maximum Gasteiger partial charge on any atom is 0.261 e. The van der Waals surface area contributed by atoms with Gasteiger partial charge in [-0.3, -0.25) is 9.36 Å². The molecule has 2 aromatic carbocycles. The molecule has 7 rings (SSSR count). The highest BCUT2D eigenvalue weighted by molar-refractivity contribution is 5.96. The Morgan fingerprint density at radius 2 is 1.95 bits per heavy atom. The van der Waals surface area contributed by atoms with Gasteiger partial charge >= 0.3 is 0 Å². The number of anilines is 1. The summed E-state index contributed by atoms with van der Waals surface area (Å²) in [6.07, 6.45) is 4.37. The summed E-state index contributed by atoms with van der Waals surface area (Å²) in [7, 11) is 0. The Labute approximate surface area is 240 Å². The first-order chi connectivity index (χ1) is 19.6. The van der Waals surface area contributed by atoms with Crippen molar-refractivity contribution in [3.05, 3.63) is 70.3 Å². The van der Waals surface area contributed by atoms with Crippen LogP contribution in [0.5, 0.6) is 0 Å². The molecule has 1 aromatic heterocycles. The topological polar surface area (TPSA) is 74.5 Å². The first kappa shape index (κ1) is 27.8. The van der Waals surface area contributed by atoms with Crippen LogP contribution in [-0.2, 0) is 13.0 Å². The molecule has 218 valence electrons. The standard InChI is InChI=1S/C32H40F2N6O/c1-19-17-39(12-10-35-19)31(37-27-14-22-13-25(20(27)2)32(22,3)4)38-29-16-28-24(15-26(29)34)30(41)40(18-36-28)11-9-21-5-7-23(33)8-6-21/h5-8,15-16,18-20,22,25,27,35H,9-14,17H2,1-4H3,(H,37,38)/t19-,20-,22-,25+,27-/m0/s1. The number of benzene rings is 2. The molecule has 2 bridgehead atoms. The molecule has 0 amide bonds. The van der Waals surface area contributed by atoms with Crippen molar-refractivity contribution >= 4 is 22.5 Å². The summed E-state index contributed by atoms with van der Waals surface area (Å²) in [6.45, 7) is 12.0. The summed E-state index contributed by atoms with van der Waals surface area (Å²) in [4.78, 5) is 25.2. The number of fused-ring (bicyclic) bond motifs is 3. The highest BCUT2D eigenvalue weighted by atomic mass is 19.1. The normalized spacial score (nSPS) is 27.5. The highest BCUT2D eigenvalue weighted by Gasteiger charge is 2.56. The molecule has 3 aliphatic carbocycles. The smallest absolute Gasteiger partial charge is 0.261 e. The van der Waals surface area contributed by atoms with Crippen molar-refractivity contribution in [2.45, 2.75) is 65.6 Å². The third kappa shape index (κ3) is 5.36. The molecule has 4 aliphatic rings. The van der Waals surface area contributed by atoms with Gasteiger partial charge in [-0.15, -0.1) is 0 Å². The van der Waals surface area contributed by atoms with Crippen LogP contribution in [0.25, 0.3) is 10.9 Å². The van der Waals surface area contributed by atoms with Gasteiger partial charge in [-0.05, 0) is 79.2 Å². The first-order valence-corrected chi connectivity index (χ1v) is 14.9. The molecule has 4 fully saturated rings. The summed E-state index contributed by atoms with van der Waals surface area (Å²) in [5.74, 6) is 1.68. The fourth-order valence-electron chi connectivity index (χ4n) is 7.22. The van der Waals surface area contributed by atoms with E-state index in [0.717, 1.165) is 31.6 Å². The largest absolute Gasteiger partial charge is 0.340 e. The molecular formula is C32H40F2N6O. The van der Waals surface area contributed by atoms with E-state index in [0.29, 0.717) is 53.7 Å². The minimum Gasteiger partial charge on any atom is -0.340 e. The molecule has 3 aromatic rings. The van der Waals surface area contributed by atoms with Crippen LogP contribution < -0.4 is 16.2 Å². The van der Waals surface area contributed by atoms with Gasteiger partial charge in [0.2, 0.25) is 0 Å². The van der Waals surface area contributed by atoms with Crippen molar-refractivity contribution in [2.24, 2.45) is 28.2 Å². The molecule has 7 nitrogen and oxygen atoms in total. The van der Waals surface area contributed by atoms with Gasteiger partial charge in [0.15, 0.2) is 5.96 Å². The minimum absolute atomic E-state index is 0.189. The number of nitrogens with zero attached hydrogens (tertiary/aromatic N) is 4. The van der Waals surface area contributed by atoms with E-state index in [1.807, 2.05) is 0 Å². The molecule has 9 heteroatoms. The third-order valence-corrected chi connectivity index (χ3v) is 9.98. The summed E-state index contributed by atoms with van der Waals surface area (Å²) in [5.41, 5.74) is 1.67. The molecule has 3 saturated carbocycles. The van der Waals surface area contributed by atoms with E-state index in [-0.39, 0.29) is 28.5 Å². The Kier molecular flexibility index (Phi) is 7.34. The van der Waals surface area contributed by atoms with Crippen LogP contribution in [0.2, 0.25) is 0 Å².